The predicted molar refractivity (Wildman–Crippen MR) is 125 cm³/mol. The number of ether oxygens (including phenoxy) is 1. The standard InChI is InChI=1S/C22H31N3O.HI/c1-4-26-14-13-22(11-12-22)16-24-21(23-3)25-17(2)19-10-9-18-7-5-6-8-20(18)15-19;/h5-10,15,17H,4,11-14,16H2,1-3H3,(H2,23,24,25);1H. The van der Waals surface area contributed by atoms with Crippen LogP contribution in [-0.2, 0) is 4.74 Å². The molecule has 2 aromatic rings. The maximum absolute atomic E-state index is 5.53. The highest BCUT2D eigenvalue weighted by molar-refractivity contribution is 14.0. The minimum atomic E-state index is 0. The Kier molecular flexibility index (Phi) is 8.35. The van der Waals surface area contributed by atoms with E-state index in [0.29, 0.717) is 5.41 Å². The molecule has 1 atom stereocenters. The summed E-state index contributed by atoms with van der Waals surface area (Å²) < 4.78 is 5.53. The lowest BCUT2D eigenvalue weighted by molar-refractivity contribution is 0.128. The molecule has 1 saturated carbocycles. The van der Waals surface area contributed by atoms with E-state index in [1.54, 1.807) is 0 Å². The molecule has 0 bridgehead atoms. The fourth-order valence-electron chi connectivity index (χ4n) is 3.36. The second kappa shape index (κ2) is 10.3. The first kappa shape index (κ1) is 22.0. The van der Waals surface area contributed by atoms with Gasteiger partial charge in [0.25, 0.3) is 0 Å². The minimum absolute atomic E-state index is 0. The Hall–Kier alpha value is -1.34. The molecule has 2 N–H and O–H groups in total. The molecule has 27 heavy (non-hydrogen) atoms. The quantitative estimate of drug-likeness (QED) is 0.244. The van der Waals surface area contributed by atoms with Gasteiger partial charge in [0.1, 0.15) is 0 Å². The summed E-state index contributed by atoms with van der Waals surface area (Å²) in [5.74, 6) is 0.869. The van der Waals surface area contributed by atoms with Gasteiger partial charge in [0, 0.05) is 26.8 Å². The molecule has 1 aliphatic carbocycles. The number of hydrogen-bond donors (Lipinski definition) is 2. The lowest BCUT2D eigenvalue weighted by atomic mass is 10.0. The number of benzene rings is 2. The van der Waals surface area contributed by atoms with Gasteiger partial charge in [-0.05, 0) is 60.9 Å². The number of rotatable bonds is 8. The number of aliphatic imine (C=N–C) groups is 1. The topological polar surface area (TPSA) is 45.6 Å². The molecule has 0 aliphatic heterocycles. The van der Waals surface area contributed by atoms with Crippen LogP contribution in [0, 0.1) is 5.41 Å². The van der Waals surface area contributed by atoms with Crippen molar-refractivity contribution in [2.45, 2.75) is 39.2 Å². The summed E-state index contributed by atoms with van der Waals surface area (Å²) in [5, 5.41) is 9.59. The number of guanidine groups is 1. The third kappa shape index (κ3) is 6.07. The Labute approximate surface area is 180 Å². The van der Waals surface area contributed by atoms with Crippen molar-refractivity contribution in [1.82, 2.24) is 10.6 Å². The maximum Gasteiger partial charge on any atom is 0.191 e. The monoisotopic (exact) mass is 481 g/mol. The fourth-order valence-corrected chi connectivity index (χ4v) is 3.36. The Morgan fingerprint density at radius 3 is 2.59 bits per heavy atom. The van der Waals surface area contributed by atoms with Crippen LogP contribution in [0.2, 0.25) is 0 Å². The molecule has 0 spiro atoms. The number of fused-ring (bicyclic) bond motifs is 1. The van der Waals surface area contributed by atoms with Crippen LogP contribution in [0.3, 0.4) is 0 Å². The average Bonchev–Trinajstić information content (AvgIpc) is 3.45. The summed E-state index contributed by atoms with van der Waals surface area (Å²) in [6.07, 6.45) is 3.69. The number of halogens is 1. The minimum Gasteiger partial charge on any atom is -0.382 e. The number of nitrogens with one attached hydrogen (secondary N) is 2. The van der Waals surface area contributed by atoms with Gasteiger partial charge < -0.3 is 15.4 Å². The van der Waals surface area contributed by atoms with Crippen molar-refractivity contribution >= 4 is 40.7 Å². The van der Waals surface area contributed by atoms with Crippen molar-refractivity contribution in [2.75, 3.05) is 26.8 Å². The number of nitrogens with zero attached hydrogens (tertiary/aromatic N) is 1. The van der Waals surface area contributed by atoms with Crippen molar-refractivity contribution in [3.8, 4) is 0 Å². The Morgan fingerprint density at radius 2 is 1.93 bits per heavy atom. The van der Waals surface area contributed by atoms with Gasteiger partial charge in [-0.2, -0.15) is 0 Å². The molecule has 0 saturated heterocycles. The highest BCUT2D eigenvalue weighted by Gasteiger charge is 2.41. The van der Waals surface area contributed by atoms with Gasteiger partial charge in [-0.15, -0.1) is 24.0 Å². The molecule has 0 heterocycles. The summed E-state index contributed by atoms with van der Waals surface area (Å²) >= 11 is 0. The Morgan fingerprint density at radius 1 is 1.19 bits per heavy atom. The van der Waals surface area contributed by atoms with E-state index < -0.39 is 0 Å². The van der Waals surface area contributed by atoms with Gasteiger partial charge in [0.2, 0.25) is 0 Å². The Bertz CT molecular complexity index is 758. The van der Waals surface area contributed by atoms with E-state index in [4.69, 9.17) is 4.74 Å². The van der Waals surface area contributed by atoms with Crippen LogP contribution in [0.1, 0.15) is 44.7 Å². The smallest absolute Gasteiger partial charge is 0.191 e. The molecule has 1 unspecified atom stereocenters. The first-order valence-corrected chi connectivity index (χ1v) is 9.69. The lowest BCUT2D eigenvalue weighted by Crippen LogP contribution is -2.41. The van der Waals surface area contributed by atoms with E-state index in [9.17, 15) is 0 Å². The molecule has 4 nitrogen and oxygen atoms in total. The summed E-state index contributed by atoms with van der Waals surface area (Å²) in [6, 6.07) is 15.3. The first-order valence-electron chi connectivity index (χ1n) is 9.69. The summed E-state index contributed by atoms with van der Waals surface area (Å²) in [5.41, 5.74) is 1.67. The summed E-state index contributed by atoms with van der Waals surface area (Å²) in [7, 11) is 1.84. The molecule has 148 valence electrons. The van der Waals surface area contributed by atoms with Gasteiger partial charge in [-0.25, -0.2) is 0 Å². The molecule has 0 aromatic heterocycles. The second-order valence-corrected chi connectivity index (χ2v) is 7.35. The van der Waals surface area contributed by atoms with E-state index in [1.165, 1.54) is 29.2 Å². The SMILES string of the molecule is CCOCCC1(CNC(=NC)NC(C)c2ccc3ccccc3c2)CC1.I. The van der Waals surface area contributed by atoms with Crippen molar-refractivity contribution in [3.63, 3.8) is 0 Å². The Balaban J connectivity index is 0.00000261. The van der Waals surface area contributed by atoms with Crippen molar-refractivity contribution in [3.05, 3.63) is 48.0 Å². The zero-order valence-corrected chi connectivity index (χ0v) is 19.0. The lowest BCUT2D eigenvalue weighted by Gasteiger charge is -2.22. The van der Waals surface area contributed by atoms with Gasteiger partial charge >= 0.3 is 0 Å². The van der Waals surface area contributed by atoms with E-state index >= 15 is 0 Å². The third-order valence-corrected chi connectivity index (χ3v) is 5.42. The van der Waals surface area contributed by atoms with Gasteiger partial charge in [-0.3, -0.25) is 4.99 Å². The van der Waals surface area contributed by atoms with Crippen LogP contribution in [0.4, 0.5) is 0 Å². The molecule has 0 amide bonds. The zero-order valence-electron chi connectivity index (χ0n) is 16.6. The maximum atomic E-state index is 5.53. The van der Waals surface area contributed by atoms with E-state index in [1.807, 2.05) is 7.05 Å². The zero-order chi connectivity index (χ0) is 18.4. The molecule has 0 radical (unpaired) electrons. The molecule has 1 aliphatic rings. The van der Waals surface area contributed by atoms with Crippen LogP contribution < -0.4 is 10.6 Å². The van der Waals surface area contributed by atoms with Gasteiger partial charge in [0.05, 0.1) is 6.04 Å². The largest absolute Gasteiger partial charge is 0.382 e. The highest BCUT2D eigenvalue weighted by atomic mass is 127. The predicted octanol–water partition coefficient (Wildman–Crippen LogP) is 4.89. The highest BCUT2D eigenvalue weighted by Crippen LogP contribution is 2.48. The van der Waals surface area contributed by atoms with Crippen LogP contribution in [0.15, 0.2) is 47.5 Å². The molecular weight excluding hydrogens is 449 g/mol. The van der Waals surface area contributed by atoms with Crippen LogP contribution in [0.25, 0.3) is 10.8 Å². The van der Waals surface area contributed by atoms with Crippen LogP contribution in [0.5, 0.6) is 0 Å². The summed E-state index contributed by atoms with van der Waals surface area (Å²) in [6.45, 7) is 6.86. The molecule has 1 fully saturated rings. The van der Waals surface area contributed by atoms with Crippen molar-refractivity contribution < 1.29 is 4.74 Å². The third-order valence-electron chi connectivity index (χ3n) is 5.42. The van der Waals surface area contributed by atoms with Crippen molar-refractivity contribution in [2.24, 2.45) is 10.4 Å². The second-order valence-electron chi connectivity index (χ2n) is 7.35. The van der Waals surface area contributed by atoms with E-state index in [0.717, 1.165) is 32.1 Å². The molecule has 5 heteroatoms. The van der Waals surface area contributed by atoms with Gasteiger partial charge in [-0.1, -0.05) is 36.4 Å². The first-order chi connectivity index (χ1) is 12.7. The molecular formula is C22H32IN3O. The van der Waals surface area contributed by atoms with Crippen LogP contribution in [-0.4, -0.2) is 32.8 Å². The summed E-state index contributed by atoms with van der Waals surface area (Å²) in [4.78, 5) is 4.41. The van der Waals surface area contributed by atoms with Crippen LogP contribution >= 0.6 is 24.0 Å². The molecule has 3 rings (SSSR count). The van der Waals surface area contributed by atoms with E-state index in [2.05, 4.69) is 71.9 Å². The van der Waals surface area contributed by atoms with Gasteiger partial charge in [0.15, 0.2) is 5.96 Å². The van der Waals surface area contributed by atoms with E-state index in [-0.39, 0.29) is 30.0 Å². The number of hydrogen-bond acceptors (Lipinski definition) is 2. The van der Waals surface area contributed by atoms with Crippen molar-refractivity contribution in [1.29, 1.82) is 0 Å². The average molecular weight is 481 g/mol. The normalized spacial score (nSPS) is 16.5. The fraction of sp³-hybridized carbons (Fsp3) is 0.500. The molecule has 2 aromatic carbocycles.